The van der Waals surface area contributed by atoms with Gasteiger partial charge in [0.2, 0.25) is 5.09 Å². The van der Waals surface area contributed by atoms with Crippen molar-refractivity contribution in [3.63, 3.8) is 0 Å². The van der Waals surface area contributed by atoms with Crippen LogP contribution in [0.2, 0.25) is 0 Å². The number of sulfonamides is 1. The second-order valence-corrected chi connectivity index (χ2v) is 5.58. The first-order valence-electron chi connectivity index (χ1n) is 4.38. The summed E-state index contributed by atoms with van der Waals surface area (Å²) in [7, 11) is -1.76. The highest BCUT2D eigenvalue weighted by atomic mass is 79.9. The first-order valence-corrected chi connectivity index (χ1v) is 6.65. The van der Waals surface area contributed by atoms with Gasteiger partial charge in [0.05, 0.1) is 0 Å². The molecule has 0 saturated carbocycles. The van der Waals surface area contributed by atoms with Crippen LogP contribution in [0.3, 0.4) is 0 Å². The van der Waals surface area contributed by atoms with Crippen molar-refractivity contribution in [1.82, 2.24) is 10.0 Å². The molecule has 0 fully saturated rings. The average molecular weight is 334 g/mol. The average Bonchev–Trinajstić information content (AvgIpc) is 2.62. The molecule has 0 aliphatic heterocycles. The zero-order valence-corrected chi connectivity index (χ0v) is 12.1. The zero-order valence-electron chi connectivity index (χ0n) is 8.86. The zero-order chi connectivity index (χ0) is 11.5. The summed E-state index contributed by atoms with van der Waals surface area (Å²) in [6, 6.07) is 3.00. The molecule has 1 aromatic rings. The van der Waals surface area contributed by atoms with Crippen molar-refractivity contribution in [2.45, 2.75) is 18.1 Å². The lowest BCUT2D eigenvalue weighted by molar-refractivity contribution is 0.426. The molecule has 8 heteroatoms. The van der Waals surface area contributed by atoms with Crippen LogP contribution in [-0.4, -0.2) is 28.1 Å². The Morgan fingerprint density at radius 1 is 1.50 bits per heavy atom. The van der Waals surface area contributed by atoms with Crippen molar-refractivity contribution < 1.29 is 12.8 Å². The smallest absolute Gasteiger partial charge is 0.274 e. The number of rotatable bonds is 5. The molecule has 0 aromatic carbocycles. The van der Waals surface area contributed by atoms with Gasteiger partial charge in [-0.3, -0.25) is 0 Å². The minimum atomic E-state index is -3.53. The van der Waals surface area contributed by atoms with E-state index in [1.807, 2.05) is 6.92 Å². The molecule has 0 radical (unpaired) electrons. The minimum Gasteiger partial charge on any atom is -0.437 e. The summed E-state index contributed by atoms with van der Waals surface area (Å²) in [5, 5.41) is 2.84. The number of hydrogen-bond acceptors (Lipinski definition) is 4. The molecule has 1 atom stereocenters. The van der Waals surface area contributed by atoms with Crippen molar-refractivity contribution in [2.75, 3.05) is 13.6 Å². The van der Waals surface area contributed by atoms with E-state index in [-0.39, 0.29) is 23.5 Å². The van der Waals surface area contributed by atoms with E-state index < -0.39 is 10.0 Å². The number of halogens is 2. The maximum absolute atomic E-state index is 11.6. The minimum absolute atomic E-state index is 0. The summed E-state index contributed by atoms with van der Waals surface area (Å²) in [6.07, 6.45) is 0. The number of nitrogens with one attached hydrogen (secondary N) is 2. The van der Waals surface area contributed by atoms with E-state index in [1.165, 1.54) is 12.1 Å². The van der Waals surface area contributed by atoms with Gasteiger partial charge in [0, 0.05) is 12.6 Å². The molecule has 94 valence electrons. The van der Waals surface area contributed by atoms with Crippen LogP contribution in [0.5, 0.6) is 0 Å². The first-order chi connectivity index (χ1) is 6.95. The lowest BCUT2D eigenvalue weighted by Crippen LogP contribution is -2.36. The largest absolute Gasteiger partial charge is 0.437 e. The maximum Gasteiger partial charge on any atom is 0.274 e. The van der Waals surface area contributed by atoms with Crippen LogP contribution >= 0.6 is 28.3 Å². The monoisotopic (exact) mass is 332 g/mol. The number of hydrogen-bond donors (Lipinski definition) is 2. The third-order valence-electron chi connectivity index (χ3n) is 1.89. The van der Waals surface area contributed by atoms with Crippen LogP contribution in [0.25, 0.3) is 0 Å². The van der Waals surface area contributed by atoms with E-state index >= 15 is 0 Å². The van der Waals surface area contributed by atoms with Crippen molar-refractivity contribution >= 4 is 38.4 Å². The lowest BCUT2D eigenvalue weighted by Gasteiger charge is -2.10. The molecule has 0 aliphatic rings. The standard InChI is InChI=1S/C8H13BrN2O3S.ClH/c1-6(10-2)5-11-15(12,13)8-4-3-7(9)14-8;/h3-4,6,10-11H,5H2,1-2H3;1H. The third-order valence-corrected chi connectivity index (χ3v) is 3.61. The fraction of sp³-hybridized carbons (Fsp3) is 0.500. The molecule has 1 unspecified atom stereocenters. The molecule has 16 heavy (non-hydrogen) atoms. The van der Waals surface area contributed by atoms with Crippen molar-refractivity contribution in [3.8, 4) is 0 Å². The molecule has 0 saturated heterocycles. The van der Waals surface area contributed by atoms with Gasteiger partial charge in [-0.15, -0.1) is 12.4 Å². The Kier molecular flexibility index (Phi) is 6.57. The van der Waals surface area contributed by atoms with Gasteiger partial charge in [0.1, 0.15) is 0 Å². The van der Waals surface area contributed by atoms with Gasteiger partial charge < -0.3 is 9.73 Å². The highest BCUT2D eigenvalue weighted by Crippen LogP contribution is 2.17. The Morgan fingerprint density at radius 3 is 2.56 bits per heavy atom. The molecule has 0 spiro atoms. The van der Waals surface area contributed by atoms with E-state index in [0.29, 0.717) is 11.2 Å². The molecule has 1 aromatic heterocycles. The Bertz CT molecular complexity index is 421. The van der Waals surface area contributed by atoms with Crippen molar-refractivity contribution in [2.24, 2.45) is 0 Å². The van der Waals surface area contributed by atoms with Gasteiger partial charge in [-0.25, -0.2) is 13.1 Å². The van der Waals surface area contributed by atoms with Crippen molar-refractivity contribution in [3.05, 3.63) is 16.8 Å². The van der Waals surface area contributed by atoms with Gasteiger partial charge >= 0.3 is 0 Å². The van der Waals surface area contributed by atoms with E-state index in [1.54, 1.807) is 7.05 Å². The molecule has 1 rings (SSSR count). The second-order valence-electron chi connectivity index (χ2n) is 3.10. The molecule has 0 aliphatic carbocycles. The topological polar surface area (TPSA) is 71.3 Å². The molecular formula is C8H14BrClN2O3S. The van der Waals surface area contributed by atoms with Crippen LogP contribution < -0.4 is 10.0 Å². The predicted molar refractivity (Wildman–Crippen MR) is 67.4 cm³/mol. The van der Waals surface area contributed by atoms with Gasteiger partial charge in [0.15, 0.2) is 4.67 Å². The van der Waals surface area contributed by atoms with Crippen LogP contribution in [0.1, 0.15) is 6.92 Å². The van der Waals surface area contributed by atoms with E-state index in [9.17, 15) is 8.42 Å². The Hall–Kier alpha value is -0.0800. The van der Waals surface area contributed by atoms with Gasteiger partial charge in [-0.2, -0.15) is 0 Å². The normalized spacial score (nSPS) is 13.2. The van der Waals surface area contributed by atoms with Crippen LogP contribution in [0.4, 0.5) is 0 Å². The van der Waals surface area contributed by atoms with Gasteiger partial charge in [-0.05, 0) is 42.0 Å². The predicted octanol–water partition coefficient (Wildman–Crippen LogP) is 1.35. The quantitative estimate of drug-likeness (QED) is 0.853. The fourth-order valence-corrected chi connectivity index (χ4v) is 2.32. The Labute approximate surface area is 110 Å². The Balaban J connectivity index is 0.00000225. The number of likely N-dealkylation sites (N-methyl/N-ethyl adjacent to an activating group) is 1. The fourth-order valence-electron chi connectivity index (χ4n) is 0.850. The van der Waals surface area contributed by atoms with Gasteiger partial charge in [0.25, 0.3) is 10.0 Å². The summed E-state index contributed by atoms with van der Waals surface area (Å²) in [4.78, 5) is 0. The van der Waals surface area contributed by atoms with Crippen LogP contribution in [0, 0.1) is 0 Å². The van der Waals surface area contributed by atoms with E-state index in [2.05, 4.69) is 26.0 Å². The number of furan rings is 1. The summed E-state index contributed by atoms with van der Waals surface area (Å²) in [6.45, 7) is 2.19. The molecule has 0 bridgehead atoms. The third kappa shape index (κ3) is 4.42. The molecule has 5 nitrogen and oxygen atoms in total. The lowest BCUT2D eigenvalue weighted by atomic mass is 10.4. The maximum atomic E-state index is 11.6. The molecular weight excluding hydrogens is 320 g/mol. The summed E-state index contributed by atoms with van der Waals surface area (Å²) in [5.74, 6) is 0. The van der Waals surface area contributed by atoms with Crippen LogP contribution in [-0.2, 0) is 10.0 Å². The molecule has 0 amide bonds. The summed E-state index contributed by atoms with van der Waals surface area (Å²) >= 11 is 3.05. The highest BCUT2D eigenvalue weighted by molar-refractivity contribution is 9.10. The van der Waals surface area contributed by atoms with E-state index in [4.69, 9.17) is 4.42 Å². The van der Waals surface area contributed by atoms with Gasteiger partial charge in [-0.1, -0.05) is 0 Å². The second kappa shape index (κ2) is 6.61. The van der Waals surface area contributed by atoms with E-state index in [0.717, 1.165) is 0 Å². The Morgan fingerprint density at radius 2 is 2.12 bits per heavy atom. The van der Waals surface area contributed by atoms with Crippen molar-refractivity contribution in [1.29, 1.82) is 0 Å². The summed E-state index contributed by atoms with van der Waals surface area (Å²) < 4.78 is 31.0. The SMILES string of the molecule is CNC(C)CNS(=O)(=O)c1ccc(Br)o1.Cl. The first kappa shape index (κ1) is 15.9. The van der Waals surface area contributed by atoms with Crippen LogP contribution in [0.15, 0.2) is 26.3 Å². The highest BCUT2D eigenvalue weighted by Gasteiger charge is 2.18. The molecule has 2 N–H and O–H groups in total. The molecule has 1 heterocycles. The summed E-state index contributed by atoms with van der Waals surface area (Å²) in [5.41, 5.74) is 0.